The third-order valence-electron chi connectivity index (χ3n) is 4.20. The Kier molecular flexibility index (Phi) is 3.88. The number of carbonyl (C=O) groups is 1. The Labute approximate surface area is 129 Å². The molecule has 108 valence electrons. The van der Waals surface area contributed by atoms with Crippen LogP contribution >= 0.6 is 12.2 Å². The third-order valence-corrected chi connectivity index (χ3v) is 4.54. The Bertz CT molecular complexity index is 685. The van der Waals surface area contributed by atoms with E-state index in [1.165, 1.54) is 0 Å². The standard InChI is InChI=1S/C17H18N2OS/c18-16(21)13-8-10-19(11-9-13)17(20)15-7-3-5-12-4-1-2-6-14(12)15/h1-7,13H,8-11H2,(H2,18,21). The number of amides is 1. The fourth-order valence-corrected chi connectivity index (χ4v) is 3.19. The van der Waals surface area contributed by atoms with Gasteiger partial charge in [-0.25, -0.2) is 0 Å². The van der Waals surface area contributed by atoms with Crippen molar-refractivity contribution in [1.82, 2.24) is 4.90 Å². The molecule has 2 N–H and O–H groups in total. The van der Waals surface area contributed by atoms with Crippen LogP contribution in [0.25, 0.3) is 10.8 Å². The Morgan fingerprint density at radius 1 is 1.10 bits per heavy atom. The van der Waals surface area contributed by atoms with Crippen LogP contribution in [0.2, 0.25) is 0 Å². The first-order valence-corrected chi connectivity index (χ1v) is 7.64. The largest absolute Gasteiger partial charge is 0.393 e. The maximum Gasteiger partial charge on any atom is 0.254 e. The SMILES string of the molecule is NC(=S)C1CCN(C(=O)c2cccc3ccccc23)CC1. The van der Waals surface area contributed by atoms with Crippen LogP contribution in [0.1, 0.15) is 23.2 Å². The number of thiocarbonyl (C=S) groups is 1. The minimum Gasteiger partial charge on any atom is -0.393 e. The van der Waals surface area contributed by atoms with Crippen molar-refractivity contribution in [2.75, 3.05) is 13.1 Å². The molecule has 0 aromatic heterocycles. The molecule has 1 amide bonds. The average molecular weight is 298 g/mol. The quantitative estimate of drug-likeness (QED) is 0.867. The summed E-state index contributed by atoms with van der Waals surface area (Å²) in [4.78, 5) is 15.2. The predicted molar refractivity (Wildman–Crippen MR) is 89.4 cm³/mol. The predicted octanol–water partition coefficient (Wildman–Crippen LogP) is 2.98. The highest BCUT2D eigenvalue weighted by molar-refractivity contribution is 7.80. The van der Waals surface area contributed by atoms with Gasteiger partial charge in [-0.15, -0.1) is 0 Å². The van der Waals surface area contributed by atoms with Crippen LogP contribution in [0, 0.1) is 5.92 Å². The summed E-state index contributed by atoms with van der Waals surface area (Å²) in [5.74, 6) is 0.379. The highest BCUT2D eigenvalue weighted by atomic mass is 32.1. The molecular formula is C17H18N2OS. The molecule has 0 atom stereocenters. The van der Waals surface area contributed by atoms with Gasteiger partial charge in [-0.2, -0.15) is 0 Å². The Balaban J connectivity index is 1.84. The first-order chi connectivity index (χ1) is 10.2. The molecule has 2 aromatic rings. The lowest BCUT2D eigenvalue weighted by Crippen LogP contribution is -2.41. The minimum absolute atomic E-state index is 0.105. The van der Waals surface area contributed by atoms with Gasteiger partial charge in [0.2, 0.25) is 0 Å². The lowest BCUT2D eigenvalue weighted by atomic mass is 9.95. The van der Waals surface area contributed by atoms with Gasteiger partial charge in [-0.1, -0.05) is 48.6 Å². The summed E-state index contributed by atoms with van der Waals surface area (Å²) >= 11 is 5.05. The lowest BCUT2D eigenvalue weighted by molar-refractivity contribution is 0.0712. The van der Waals surface area contributed by atoms with Gasteiger partial charge in [-0.05, 0) is 29.7 Å². The summed E-state index contributed by atoms with van der Waals surface area (Å²) in [7, 11) is 0. The molecule has 4 heteroatoms. The summed E-state index contributed by atoms with van der Waals surface area (Å²) in [5.41, 5.74) is 6.48. The number of rotatable bonds is 2. The zero-order valence-electron chi connectivity index (χ0n) is 11.8. The van der Waals surface area contributed by atoms with E-state index in [2.05, 4.69) is 0 Å². The van der Waals surface area contributed by atoms with Crippen molar-refractivity contribution in [1.29, 1.82) is 0 Å². The molecule has 0 spiro atoms. The highest BCUT2D eigenvalue weighted by Gasteiger charge is 2.25. The summed E-state index contributed by atoms with van der Waals surface area (Å²) in [5, 5.41) is 2.11. The number of likely N-dealkylation sites (tertiary alicyclic amines) is 1. The number of fused-ring (bicyclic) bond motifs is 1. The maximum atomic E-state index is 12.8. The molecule has 0 bridgehead atoms. The van der Waals surface area contributed by atoms with Crippen LogP contribution in [0.4, 0.5) is 0 Å². The van der Waals surface area contributed by atoms with Crippen molar-refractivity contribution >= 4 is 33.9 Å². The van der Waals surface area contributed by atoms with Gasteiger partial charge in [0.15, 0.2) is 0 Å². The van der Waals surface area contributed by atoms with Gasteiger partial charge in [0.1, 0.15) is 0 Å². The molecule has 0 unspecified atom stereocenters. The van der Waals surface area contributed by atoms with Crippen LogP contribution in [0.3, 0.4) is 0 Å². The normalized spacial score (nSPS) is 16.1. The second-order valence-corrected chi connectivity index (χ2v) is 5.97. The summed E-state index contributed by atoms with van der Waals surface area (Å²) in [6, 6.07) is 13.9. The van der Waals surface area contributed by atoms with E-state index in [1.807, 2.05) is 47.4 Å². The van der Waals surface area contributed by atoms with Crippen molar-refractivity contribution in [3.05, 3.63) is 48.0 Å². The molecule has 0 aliphatic carbocycles. The topological polar surface area (TPSA) is 46.3 Å². The van der Waals surface area contributed by atoms with Crippen LogP contribution in [0.15, 0.2) is 42.5 Å². The molecule has 1 aliphatic heterocycles. The summed E-state index contributed by atoms with van der Waals surface area (Å²) in [6.07, 6.45) is 1.73. The minimum atomic E-state index is 0.105. The van der Waals surface area contributed by atoms with E-state index in [9.17, 15) is 4.79 Å². The molecule has 1 saturated heterocycles. The van der Waals surface area contributed by atoms with E-state index in [4.69, 9.17) is 18.0 Å². The van der Waals surface area contributed by atoms with Gasteiger partial charge in [0, 0.05) is 24.6 Å². The maximum absolute atomic E-state index is 12.8. The Morgan fingerprint density at radius 2 is 1.76 bits per heavy atom. The number of benzene rings is 2. The Morgan fingerprint density at radius 3 is 2.48 bits per heavy atom. The Hall–Kier alpha value is -1.94. The van der Waals surface area contributed by atoms with E-state index in [-0.39, 0.29) is 11.8 Å². The van der Waals surface area contributed by atoms with Crippen LogP contribution < -0.4 is 5.73 Å². The van der Waals surface area contributed by atoms with Crippen molar-refractivity contribution in [2.45, 2.75) is 12.8 Å². The van der Waals surface area contributed by atoms with Crippen LogP contribution in [-0.2, 0) is 0 Å². The highest BCUT2D eigenvalue weighted by Crippen LogP contribution is 2.23. The smallest absolute Gasteiger partial charge is 0.254 e. The number of nitrogens with zero attached hydrogens (tertiary/aromatic N) is 1. The van der Waals surface area contributed by atoms with Crippen molar-refractivity contribution < 1.29 is 4.79 Å². The van der Waals surface area contributed by atoms with E-state index < -0.39 is 0 Å². The van der Waals surface area contributed by atoms with Gasteiger partial charge >= 0.3 is 0 Å². The molecule has 0 radical (unpaired) electrons. The van der Waals surface area contributed by atoms with Gasteiger partial charge in [0.25, 0.3) is 5.91 Å². The van der Waals surface area contributed by atoms with Crippen molar-refractivity contribution in [3.8, 4) is 0 Å². The molecular weight excluding hydrogens is 280 g/mol. The number of piperidine rings is 1. The molecule has 21 heavy (non-hydrogen) atoms. The second-order valence-electron chi connectivity index (χ2n) is 5.50. The summed E-state index contributed by atoms with van der Waals surface area (Å²) < 4.78 is 0. The molecule has 1 aliphatic rings. The van der Waals surface area contributed by atoms with Gasteiger partial charge in [-0.3, -0.25) is 4.79 Å². The molecule has 3 rings (SSSR count). The first-order valence-electron chi connectivity index (χ1n) is 7.23. The molecule has 3 nitrogen and oxygen atoms in total. The number of hydrogen-bond donors (Lipinski definition) is 1. The second kappa shape index (κ2) is 5.82. The number of nitrogens with two attached hydrogens (primary N) is 1. The van der Waals surface area contributed by atoms with Crippen LogP contribution in [0.5, 0.6) is 0 Å². The van der Waals surface area contributed by atoms with E-state index in [1.54, 1.807) is 0 Å². The van der Waals surface area contributed by atoms with Crippen LogP contribution in [-0.4, -0.2) is 28.9 Å². The van der Waals surface area contributed by atoms with E-state index in [0.29, 0.717) is 4.99 Å². The lowest BCUT2D eigenvalue weighted by Gasteiger charge is -2.31. The van der Waals surface area contributed by atoms with E-state index in [0.717, 1.165) is 42.3 Å². The molecule has 0 saturated carbocycles. The molecule has 2 aromatic carbocycles. The number of hydrogen-bond acceptors (Lipinski definition) is 2. The molecule has 1 fully saturated rings. The molecule has 1 heterocycles. The first kappa shape index (κ1) is 14.0. The average Bonchev–Trinajstić information content (AvgIpc) is 2.53. The monoisotopic (exact) mass is 298 g/mol. The van der Waals surface area contributed by atoms with Crippen molar-refractivity contribution in [2.24, 2.45) is 11.7 Å². The summed E-state index contributed by atoms with van der Waals surface area (Å²) in [6.45, 7) is 1.45. The fourth-order valence-electron chi connectivity index (χ4n) is 2.95. The fraction of sp³-hybridized carbons (Fsp3) is 0.294. The zero-order chi connectivity index (χ0) is 14.8. The van der Waals surface area contributed by atoms with Crippen molar-refractivity contribution in [3.63, 3.8) is 0 Å². The van der Waals surface area contributed by atoms with E-state index >= 15 is 0 Å². The third kappa shape index (κ3) is 2.76. The zero-order valence-corrected chi connectivity index (χ0v) is 12.6. The number of carbonyl (C=O) groups excluding carboxylic acids is 1. The van der Waals surface area contributed by atoms with Gasteiger partial charge in [0.05, 0.1) is 4.99 Å². The van der Waals surface area contributed by atoms with Gasteiger partial charge < -0.3 is 10.6 Å².